The van der Waals surface area contributed by atoms with Crippen LogP contribution in [0.25, 0.3) is 0 Å². The van der Waals surface area contributed by atoms with Crippen molar-refractivity contribution in [1.82, 2.24) is 5.32 Å². The maximum atomic E-state index is 10.6. The van der Waals surface area contributed by atoms with Crippen LogP contribution in [0.5, 0.6) is 5.75 Å². The standard InChI is InChI=1S/C13H19NO2/c1-3-14-9-13(15)7-6-10-4-5-11(16-2)8-12(10)13/h4-5,8,14-15H,3,6-7,9H2,1-2H3. The van der Waals surface area contributed by atoms with E-state index in [1.807, 2.05) is 19.1 Å². The van der Waals surface area contributed by atoms with Gasteiger partial charge in [0.05, 0.1) is 7.11 Å². The summed E-state index contributed by atoms with van der Waals surface area (Å²) in [6.07, 6.45) is 1.74. The highest BCUT2D eigenvalue weighted by Gasteiger charge is 2.36. The van der Waals surface area contributed by atoms with Gasteiger partial charge in [0.15, 0.2) is 0 Å². The molecule has 16 heavy (non-hydrogen) atoms. The molecule has 88 valence electrons. The second-order valence-electron chi connectivity index (χ2n) is 4.33. The summed E-state index contributed by atoms with van der Waals surface area (Å²) in [5.41, 5.74) is 1.54. The van der Waals surface area contributed by atoms with E-state index in [2.05, 4.69) is 11.4 Å². The van der Waals surface area contributed by atoms with Crippen LogP contribution in [0.15, 0.2) is 18.2 Å². The lowest BCUT2D eigenvalue weighted by atomic mass is 9.96. The van der Waals surface area contributed by atoms with Crippen LogP contribution in [0, 0.1) is 0 Å². The summed E-state index contributed by atoms with van der Waals surface area (Å²) in [6.45, 7) is 3.54. The average Bonchev–Trinajstić information content (AvgIpc) is 2.65. The van der Waals surface area contributed by atoms with Crippen molar-refractivity contribution in [2.75, 3.05) is 20.2 Å². The van der Waals surface area contributed by atoms with Crippen molar-refractivity contribution in [2.45, 2.75) is 25.4 Å². The predicted octanol–water partition coefficient (Wildman–Crippen LogP) is 1.44. The zero-order chi connectivity index (χ0) is 11.6. The van der Waals surface area contributed by atoms with E-state index in [0.717, 1.165) is 30.7 Å². The van der Waals surface area contributed by atoms with Crippen LogP contribution in [0.1, 0.15) is 24.5 Å². The monoisotopic (exact) mass is 221 g/mol. The zero-order valence-corrected chi connectivity index (χ0v) is 9.92. The van der Waals surface area contributed by atoms with Crippen LogP contribution in [-0.4, -0.2) is 25.3 Å². The Bertz CT molecular complexity index is 378. The van der Waals surface area contributed by atoms with Gasteiger partial charge in [0, 0.05) is 6.54 Å². The first kappa shape index (κ1) is 11.4. The fraction of sp³-hybridized carbons (Fsp3) is 0.538. The molecule has 0 bridgehead atoms. The third kappa shape index (κ3) is 1.93. The number of aryl methyl sites for hydroxylation is 1. The number of benzene rings is 1. The number of likely N-dealkylation sites (N-methyl/N-ethyl adjacent to an activating group) is 1. The third-order valence-corrected chi connectivity index (χ3v) is 3.29. The van der Waals surface area contributed by atoms with E-state index < -0.39 is 5.60 Å². The molecule has 2 rings (SSSR count). The molecule has 0 saturated heterocycles. The van der Waals surface area contributed by atoms with Gasteiger partial charge in [0.2, 0.25) is 0 Å². The van der Waals surface area contributed by atoms with Crippen LogP contribution in [0.2, 0.25) is 0 Å². The van der Waals surface area contributed by atoms with Crippen LogP contribution in [0.4, 0.5) is 0 Å². The van der Waals surface area contributed by atoms with Gasteiger partial charge in [-0.2, -0.15) is 0 Å². The maximum absolute atomic E-state index is 10.6. The van der Waals surface area contributed by atoms with E-state index in [4.69, 9.17) is 4.74 Å². The average molecular weight is 221 g/mol. The minimum absolute atomic E-state index is 0.615. The largest absolute Gasteiger partial charge is 0.497 e. The minimum atomic E-state index is -0.722. The van der Waals surface area contributed by atoms with E-state index >= 15 is 0 Å². The molecule has 0 radical (unpaired) electrons. The fourth-order valence-electron chi connectivity index (χ4n) is 2.33. The van der Waals surface area contributed by atoms with Gasteiger partial charge in [-0.05, 0) is 42.6 Å². The van der Waals surface area contributed by atoms with Crippen molar-refractivity contribution < 1.29 is 9.84 Å². The number of hydrogen-bond donors (Lipinski definition) is 2. The lowest BCUT2D eigenvalue weighted by Gasteiger charge is -2.24. The molecule has 0 amide bonds. The van der Waals surface area contributed by atoms with E-state index in [-0.39, 0.29) is 0 Å². The van der Waals surface area contributed by atoms with Gasteiger partial charge in [-0.15, -0.1) is 0 Å². The van der Waals surface area contributed by atoms with Crippen molar-refractivity contribution in [3.05, 3.63) is 29.3 Å². The predicted molar refractivity (Wildman–Crippen MR) is 63.8 cm³/mol. The molecule has 2 N–H and O–H groups in total. The first-order chi connectivity index (χ1) is 7.69. The maximum Gasteiger partial charge on any atom is 0.119 e. The van der Waals surface area contributed by atoms with Gasteiger partial charge in [-0.25, -0.2) is 0 Å². The van der Waals surface area contributed by atoms with Crippen molar-refractivity contribution in [2.24, 2.45) is 0 Å². The van der Waals surface area contributed by atoms with Crippen molar-refractivity contribution >= 4 is 0 Å². The molecule has 1 aromatic rings. The van der Waals surface area contributed by atoms with E-state index in [9.17, 15) is 5.11 Å². The quantitative estimate of drug-likeness (QED) is 0.808. The summed E-state index contributed by atoms with van der Waals surface area (Å²) < 4.78 is 5.21. The van der Waals surface area contributed by atoms with Gasteiger partial charge in [0.1, 0.15) is 11.4 Å². The van der Waals surface area contributed by atoms with Crippen LogP contribution < -0.4 is 10.1 Å². The molecule has 3 heteroatoms. The highest BCUT2D eigenvalue weighted by atomic mass is 16.5. The third-order valence-electron chi connectivity index (χ3n) is 3.29. The van der Waals surface area contributed by atoms with Gasteiger partial charge in [-0.1, -0.05) is 13.0 Å². The lowest BCUT2D eigenvalue weighted by molar-refractivity contribution is 0.0392. The van der Waals surface area contributed by atoms with Crippen LogP contribution in [0.3, 0.4) is 0 Å². The highest BCUT2D eigenvalue weighted by Crippen LogP contribution is 2.38. The Hall–Kier alpha value is -1.06. The molecular formula is C13H19NO2. The molecule has 0 aromatic heterocycles. The van der Waals surface area contributed by atoms with Gasteiger partial charge < -0.3 is 15.2 Å². The molecule has 1 aromatic carbocycles. The summed E-state index contributed by atoms with van der Waals surface area (Å²) in [6, 6.07) is 5.97. The van der Waals surface area contributed by atoms with Crippen LogP contribution in [-0.2, 0) is 12.0 Å². The van der Waals surface area contributed by atoms with Gasteiger partial charge >= 0.3 is 0 Å². The smallest absolute Gasteiger partial charge is 0.119 e. The number of nitrogens with one attached hydrogen (secondary N) is 1. The first-order valence-corrected chi connectivity index (χ1v) is 5.80. The van der Waals surface area contributed by atoms with E-state index in [1.54, 1.807) is 7.11 Å². The molecule has 1 aliphatic rings. The molecule has 0 saturated carbocycles. The molecular weight excluding hydrogens is 202 g/mol. The molecule has 3 nitrogen and oxygen atoms in total. The number of aliphatic hydroxyl groups is 1. The Morgan fingerprint density at radius 2 is 2.31 bits per heavy atom. The van der Waals surface area contributed by atoms with Crippen molar-refractivity contribution in [1.29, 1.82) is 0 Å². The summed E-state index contributed by atoms with van der Waals surface area (Å²) in [4.78, 5) is 0. The first-order valence-electron chi connectivity index (χ1n) is 5.80. The summed E-state index contributed by atoms with van der Waals surface area (Å²) in [5.74, 6) is 0.815. The Morgan fingerprint density at radius 3 is 3.00 bits per heavy atom. The Kier molecular flexibility index (Phi) is 3.17. The van der Waals surface area contributed by atoms with Gasteiger partial charge in [-0.3, -0.25) is 0 Å². The van der Waals surface area contributed by atoms with Crippen molar-refractivity contribution in [3.63, 3.8) is 0 Å². The summed E-state index contributed by atoms with van der Waals surface area (Å²) >= 11 is 0. The Morgan fingerprint density at radius 1 is 1.50 bits per heavy atom. The number of rotatable bonds is 4. The second-order valence-corrected chi connectivity index (χ2v) is 4.33. The fourth-order valence-corrected chi connectivity index (χ4v) is 2.33. The molecule has 0 heterocycles. The second kappa shape index (κ2) is 4.44. The number of fused-ring (bicyclic) bond motifs is 1. The van der Waals surface area contributed by atoms with E-state index in [0.29, 0.717) is 6.54 Å². The van der Waals surface area contributed by atoms with E-state index in [1.165, 1.54) is 5.56 Å². The molecule has 1 aliphatic carbocycles. The molecule has 0 aliphatic heterocycles. The molecule has 0 fully saturated rings. The summed E-state index contributed by atoms with van der Waals surface area (Å²) in [7, 11) is 1.65. The normalized spacial score (nSPS) is 23.2. The lowest BCUT2D eigenvalue weighted by Crippen LogP contribution is -2.36. The minimum Gasteiger partial charge on any atom is -0.497 e. The number of ether oxygens (including phenoxy) is 1. The molecule has 1 unspecified atom stereocenters. The highest BCUT2D eigenvalue weighted by molar-refractivity contribution is 5.43. The topological polar surface area (TPSA) is 41.5 Å². The Balaban J connectivity index is 2.29. The van der Waals surface area contributed by atoms with Crippen molar-refractivity contribution in [3.8, 4) is 5.75 Å². The number of hydrogen-bond acceptors (Lipinski definition) is 3. The number of methoxy groups -OCH3 is 1. The SMILES string of the molecule is CCNCC1(O)CCc2ccc(OC)cc21. The van der Waals surface area contributed by atoms with Crippen LogP contribution >= 0.6 is 0 Å². The molecule has 0 spiro atoms. The Labute approximate surface area is 96.4 Å². The molecule has 1 atom stereocenters. The zero-order valence-electron chi connectivity index (χ0n) is 9.92. The van der Waals surface area contributed by atoms with Gasteiger partial charge in [0.25, 0.3) is 0 Å². The summed E-state index contributed by atoms with van der Waals surface area (Å²) in [5, 5.41) is 13.8.